The third kappa shape index (κ3) is 3.50. The molecule has 1 aliphatic rings. The van der Waals surface area contributed by atoms with E-state index in [4.69, 9.17) is 11.6 Å². The van der Waals surface area contributed by atoms with E-state index < -0.39 is 5.60 Å². The number of nitrogens with one attached hydrogen (secondary N) is 1. The van der Waals surface area contributed by atoms with Gasteiger partial charge in [0.1, 0.15) is 4.88 Å². The molecule has 0 aromatic carbocycles. The van der Waals surface area contributed by atoms with Gasteiger partial charge in [0, 0.05) is 6.54 Å². The van der Waals surface area contributed by atoms with Crippen LogP contribution in [0.1, 0.15) is 47.8 Å². The summed E-state index contributed by atoms with van der Waals surface area (Å²) in [5, 5.41) is 15.7. The minimum atomic E-state index is -0.758. The molecule has 1 amide bonds. The molecule has 5 heteroatoms. The average molecular weight is 302 g/mol. The van der Waals surface area contributed by atoms with Crippen molar-refractivity contribution < 1.29 is 9.90 Å². The van der Waals surface area contributed by atoms with Crippen molar-refractivity contribution in [3.63, 3.8) is 0 Å². The van der Waals surface area contributed by atoms with Crippen LogP contribution in [-0.2, 0) is 0 Å². The molecule has 0 spiro atoms. The van der Waals surface area contributed by atoms with Gasteiger partial charge >= 0.3 is 0 Å². The van der Waals surface area contributed by atoms with Gasteiger partial charge in [-0.3, -0.25) is 4.79 Å². The molecule has 2 N–H and O–H groups in total. The molecule has 2 rings (SSSR count). The van der Waals surface area contributed by atoms with Gasteiger partial charge in [0.2, 0.25) is 0 Å². The SMILES string of the molecule is Cc1csc(C(=O)NCC2(O)CCCC(C)C2)c1Cl. The van der Waals surface area contributed by atoms with Crippen LogP contribution in [0.5, 0.6) is 0 Å². The Kier molecular flexibility index (Phi) is 4.54. The Labute approximate surface area is 123 Å². The average Bonchev–Trinajstić information content (AvgIpc) is 2.67. The molecule has 3 nitrogen and oxygen atoms in total. The van der Waals surface area contributed by atoms with Crippen molar-refractivity contribution in [1.82, 2.24) is 5.32 Å². The van der Waals surface area contributed by atoms with Crippen LogP contribution in [0.4, 0.5) is 0 Å². The Morgan fingerprint density at radius 2 is 2.42 bits per heavy atom. The fourth-order valence-electron chi connectivity index (χ4n) is 2.70. The zero-order valence-electron chi connectivity index (χ0n) is 11.3. The van der Waals surface area contributed by atoms with Gasteiger partial charge in [0.25, 0.3) is 5.91 Å². The van der Waals surface area contributed by atoms with E-state index in [9.17, 15) is 9.90 Å². The van der Waals surface area contributed by atoms with E-state index >= 15 is 0 Å². The lowest BCUT2D eigenvalue weighted by Crippen LogP contribution is -2.45. The fourth-order valence-corrected chi connectivity index (χ4v) is 3.90. The number of aryl methyl sites for hydroxylation is 1. The molecule has 0 bridgehead atoms. The molecular formula is C14H20ClNO2S. The summed E-state index contributed by atoms with van der Waals surface area (Å²) in [6.07, 6.45) is 3.69. The maximum atomic E-state index is 12.0. The number of thiophene rings is 1. The second kappa shape index (κ2) is 5.81. The van der Waals surface area contributed by atoms with Crippen LogP contribution in [0.15, 0.2) is 5.38 Å². The van der Waals surface area contributed by atoms with Crippen LogP contribution in [0.3, 0.4) is 0 Å². The van der Waals surface area contributed by atoms with Crippen LogP contribution >= 0.6 is 22.9 Å². The quantitative estimate of drug-likeness (QED) is 0.899. The maximum Gasteiger partial charge on any atom is 0.262 e. The van der Waals surface area contributed by atoms with Gasteiger partial charge < -0.3 is 10.4 Å². The fraction of sp³-hybridized carbons (Fsp3) is 0.643. The largest absolute Gasteiger partial charge is 0.388 e. The van der Waals surface area contributed by atoms with E-state index in [1.807, 2.05) is 12.3 Å². The second-order valence-electron chi connectivity index (χ2n) is 5.67. The second-order valence-corrected chi connectivity index (χ2v) is 6.93. The first kappa shape index (κ1) is 14.8. The van der Waals surface area contributed by atoms with E-state index in [0.29, 0.717) is 22.4 Å². The Morgan fingerprint density at radius 3 is 3.00 bits per heavy atom. The first-order valence-corrected chi connectivity index (χ1v) is 7.91. The van der Waals surface area contributed by atoms with Crippen LogP contribution < -0.4 is 5.32 Å². The highest BCUT2D eigenvalue weighted by molar-refractivity contribution is 7.13. The predicted octanol–water partition coefficient (Wildman–Crippen LogP) is 3.38. The molecule has 1 aliphatic carbocycles. The van der Waals surface area contributed by atoms with Crippen molar-refractivity contribution in [1.29, 1.82) is 0 Å². The summed E-state index contributed by atoms with van der Waals surface area (Å²) in [6, 6.07) is 0. The van der Waals surface area contributed by atoms with Gasteiger partial charge in [-0.15, -0.1) is 11.3 Å². The first-order chi connectivity index (χ1) is 8.91. The van der Waals surface area contributed by atoms with Crippen LogP contribution in [-0.4, -0.2) is 23.2 Å². The van der Waals surface area contributed by atoms with Crippen molar-refractivity contribution in [2.75, 3.05) is 6.54 Å². The molecule has 1 aromatic rings. The third-order valence-electron chi connectivity index (χ3n) is 3.75. The number of hydrogen-bond acceptors (Lipinski definition) is 3. The Hall–Kier alpha value is -0.580. The van der Waals surface area contributed by atoms with Gasteiger partial charge in [-0.2, -0.15) is 0 Å². The summed E-state index contributed by atoms with van der Waals surface area (Å²) < 4.78 is 0. The highest BCUT2D eigenvalue weighted by Crippen LogP contribution is 2.32. The van der Waals surface area contributed by atoms with Gasteiger partial charge in [-0.25, -0.2) is 0 Å². The number of aliphatic hydroxyl groups is 1. The molecule has 1 saturated carbocycles. The number of carbonyl (C=O) groups excluding carboxylic acids is 1. The van der Waals surface area contributed by atoms with Crippen molar-refractivity contribution in [2.24, 2.45) is 5.92 Å². The molecule has 2 unspecified atom stereocenters. The lowest BCUT2D eigenvalue weighted by Gasteiger charge is -2.35. The van der Waals surface area contributed by atoms with Gasteiger partial charge in [0.15, 0.2) is 0 Å². The van der Waals surface area contributed by atoms with Crippen LogP contribution in [0.25, 0.3) is 0 Å². The molecular weight excluding hydrogens is 282 g/mol. The van der Waals surface area contributed by atoms with Crippen LogP contribution in [0, 0.1) is 12.8 Å². The molecule has 106 valence electrons. The minimum Gasteiger partial charge on any atom is -0.388 e. The molecule has 2 atom stereocenters. The molecule has 0 radical (unpaired) electrons. The third-order valence-corrected chi connectivity index (χ3v) is 5.45. The standard InChI is InChI=1S/C14H20ClNO2S/c1-9-4-3-5-14(18,6-9)8-16-13(17)12-11(15)10(2)7-19-12/h7,9,18H,3-6,8H2,1-2H3,(H,16,17). The molecule has 1 aromatic heterocycles. The zero-order valence-corrected chi connectivity index (χ0v) is 12.9. The summed E-state index contributed by atoms with van der Waals surface area (Å²) in [7, 11) is 0. The highest BCUT2D eigenvalue weighted by atomic mass is 35.5. The normalized spacial score (nSPS) is 27.3. The lowest BCUT2D eigenvalue weighted by atomic mass is 9.79. The molecule has 1 heterocycles. The van der Waals surface area contributed by atoms with E-state index in [2.05, 4.69) is 12.2 Å². The number of halogens is 1. The highest BCUT2D eigenvalue weighted by Gasteiger charge is 2.33. The molecule has 0 saturated heterocycles. The van der Waals surface area contributed by atoms with Crippen molar-refractivity contribution in [3.8, 4) is 0 Å². The summed E-state index contributed by atoms with van der Waals surface area (Å²) in [4.78, 5) is 12.6. The summed E-state index contributed by atoms with van der Waals surface area (Å²) >= 11 is 7.41. The van der Waals surface area contributed by atoms with Gasteiger partial charge in [-0.1, -0.05) is 31.4 Å². The predicted molar refractivity (Wildman–Crippen MR) is 79.0 cm³/mol. The molecule has 19 heavy (non-hydrogen) atoms. The minimum absolute atomic E-state index is 0.185. The van der Waals surface area contributed by atoms with Gasteiger partial charge in [0.05, 0.1) is 10.6 Å². The Balaban J connectivity index is 1.95. The Bertz CT molecular complexity index is 474. The van der Waals surface area contributed by atoms with E-state index in [-0.39, 0.29) is 5.91 Å². The number of carbonyl (C=O) groups is 1. The van der Waals surface area contributed by atoms with Crippen molar-refractivity contribution in [3.05, 3.63) is 20.8 Å². The van der Waals surface area contributed by atoms with E-state index in [1.54, 1.807) is 0 Å². The molecule has 0 aliphatic heterocycles. The first-order valence-electron chi connectivity index (χ1n) is 6.65. The summed E-state index contributed by atoms with van der Waals surface area (Å²) in [5.41, 5.74) is 0.161. The summed E-state index contributed by atoms with van der Waals surface area (Å²) in [6.45, 7) is 4.33. The lowest BCUT2D eigenvalue weighted by molar-refractivity contribution is -0.0109. The zero-order chi connectivity index (χ0) is 14.0. The topological polar surface area (TPSA) is 49.3 Å². The number of amides is 1. The van der Waals surface area contributed by atoms with E-state index in [1.165, 1.54) is 11.3 Å². The number of rotatable bonds is 3. The van der Waals surface area contributed by atoms with Crippen LogP contribution in [0.2, 0.25) is 5.02 Å². The monoisotopic (exact) mass is 301 g/mol. The van der Waals surface area contributed by atoms with Crippen molar-refractivity contribution >= 4 is 28.8 Å². The number of hydrogen-bond donors (Lipinski definition) is 2. The maximum absolute atomic E-state index is 12.0. The smallest absolute Gasteiger partial charge is 0.262 e. The Morgan fingerprint density at radius 1 is 1.68 bits per heavy atom. The van der Waals surface area contributed by atoms with Crippen molar-refractivity contribution in [2.45, 2.75) is 45.1 Å². The van der Waals surface area contributed by atoms with Gasteiger partial charge in [-0.05, 0) is 36.6 Å². The summed E-state index contributed by atoms with van der Waals surface area (Å²) in [5.74, 6) is 0.331. The van der Waals surface area contributed by atoms with E-state index in [0.717, 1.165) is 31.2 Å². The molecule has 1 fully saturated rings.